The van der Waals surface area contributed by atoms with Gasteiger partial charge in [-0.25, -0.2) is 0 Å². The van der Waals surface area contributed by atoms with Gasteiger partial charge < -0.3 is 10.4 Å². The molecule has 2 N–H and O–H groups in total. The highest BCUT2D eigenvalue weighted by atomic mass is 32.1. The topological polar surface area (TPSA) is 66.4 Å². The van der Waals surface area contributed by atoms with E-state index in [2.05, 4.69) is 22.8 Å². The molecule has 0 radical (unpaired) electrons. The van der Waals surface area contributed by atoms with Crippen LogP contribution in [-0.2, 0) is 16.0 Å². The highest BCUT2D eigenvalue weighted by molar-refractivity contribution is 7.17. The van der Waals surface area contributed by atoms with E-state index >= 15 is 0 Å². The number of benzene rings is 1. The standard InChI is InChI=1S/C14H15NO3S/c1-9(14(17)18)13(16)15-7-6-10-8-19-12-5-3-2-4-11(10)12/h2-5,8-9H,6-7H2,1H3,(H,15,16)(H,17,18). The molecule has 2 aromatic rings. The zero-order chi connectivity index (χ0) is 13.8. The molecule has 0 aliphatic heterocycles. The summed E-state index contributed by atoms with van der Waals surface area (Å²) in [7, 11) is 0. The number of nitrogens with one attached hydrogen (secondary N) is 1. The minimum Gasteiger partial charge on any atom is -0.481 e. The molecule has 1 amide bonds. The predicted octanol–water partition coefficient (Wildman–Crippen LogP) is 2.28. The molecule has 19 heavy (non-hydrogen) atoms. The lowest BCUT2D eigenvalue weighted by Crippen LogP contribution is -2.34. The van der Waals surface area contributed by atoms with Gasteiger partial charge in [0.15, 0.2) is 0 Å². The number of hydrogen-bond acceptors (Lipinski definition) is 3. The average Bonchev–Trinajstić information content (AvgIpc) is 2.81. The number of rotatable bonds is 5. The Labute approximate surface area is 115 Å². The van der Waals surface area contributed by atoms with Gasteiger partial charge in [-0.1, -0.05) is 18.2 Å². The zero-order valence-corrected chi connectivity index (χ0v) is 11.4. The van der Waals surface area contributed by atoms with Gasteiger partial charge in [0.2, 0.25) is 5.91 Å². The third kappa shape index (κ3) is 3.12. The van der Waals surface area contributed by atoms with Gasteiger partial charge in [0.05, 0.1) is 0 Å². The van der Waals surface area contributed by atoms with Crippen LogP contribution in [0.25, 0.3) is 10.1 Å². The van der Waals surface area contributed by atoms with Gasteiger partial charge in [-0.2, -0.15) is 0 Å². The first-order valence-electron chi connectivity index (χ1n) is 6.05. The molecule has 1 heterocycles. The Kier molecular flexibility index (Phi) is 4.16. The Morgan fingerprint density at radius 3 is 2.84 bits per heavy atom. The molecular weight excluding hydrogens is 262 g/mol. The number of hydrogen-bond donors (Lipinski definition) is 2. The lowest BCUT2D eigenvalue weighted by molar-refractivity contribution is -0.146. The summed E-state index contributed by atoms with van der Waals surface area (Å²) in [5.74, 6) is -2.54. The number of carboxylic acid groups (broad SMARTS) is 1. The van der Waals surface area contributed by atoms with Crippen molar-refractivity contribution < 1.29 is 14.7 Å². The largest absolute Gasteiger partial charge is 0.481 e. The molecule has 1 aromatic heterocycles. The molecule has 1 atom stereocenters. The maximum absolute atomic E-state index is 11.5. The Balaban J connectivity index is 1.93. The molecule has 0 saturated heterocycles. The van der Waals surface area contributed by atoms with E-state index in [0.29, 0.717) is 13.0 Å². The summed E-state index contributed by atoms with van der Waals surface area (Å²) in [6, 6.07) is 8.11. The second kappa shape index (κ2) is 5.84. The highest BCUT2D eigenvalue weighted by Crippen LogP contribution is 2.25. The summed E-state index contributed by atoms with van der Waals surface area (Å²) in [6.07, 6.45) is 0.710. The summed E-state index contributed by atoms with van der Waals surface area (Å²) in [4.78, 5) is 22.1. The van der Waals surface area contributed by atoms with Crippen LogP contribution < -0.4 is 5.32 Å². The number of aliphatic carboxylic acids is 1. The van der Waals surface area contributed by atoms with Crippen molar-refractivity contribution in [1.29, 1.82) is 0 Å². The molecule has 5 heteroatoms. The third-order valence-electron chi connectivity index (χ3n) is 3.02. The number of carbonyl (C=O) groups is 2. The van der Waals surface area contributed by atoms with E-state index in [-0.39, 0.29) is 0 Å². The summed E-state index contributed by atoms with van der Waals surface area (Å²) in [6.45, 7) is 1.84. The van der Waals surface area contributed by atoms with E-state index in [1.165, 1.54) is 22.6 Å². The summed E-state index contributed by atoms with van der Waals surface area (Å²) in [5, 5.41) is 14.7. The van der Waals surface area contributed by atoms with E-state index in [0.717, 1.165) is 0 Å². The Hall–Kier alpha value is -1.88. The fraction of sp³-hybridized carbons (Fsp3) is 0.286. The van der Waals surface area contributed by atoms with E-state index in [1.807, 2.05) is 12.1 Å². The van der Waals surface area contributed by atoms with E-state index < -0.39 is 17.8 Å². The molecule has 0 spiro atoms. The van der Waals surface area contributed by atoms with Gasteiger partial charge in [0.25, 0.3) is 0 Å². The second-order valence-electron chi connectivity index (χ2n) is 4.36. The maximum atomic E-state index is 11.5. The van der Waals surface area contributed by atoms with Crippen LogP contribution in [0.5, 0.6) is 0 Å². The lowest BCUT2D eigenvalue weighted by Gasteiger charge is -2.07. The molecule has 0 bridgehead atoms. The number of amides is 1. The van der Waals surface area contributed by atoms with Crippen LogP contribution in [0, 0.1) is 5.92 Å². The summed E-state index contributed by atoms with van der Waals surface area (Å²) in [5.41, 5.74) is 1.18. The second-order valence-corrected chi connectivity index (χ2v) is 5.27. The van der Waals surface area contributed by atoms with E-state index in [1.54, 1.807) is 11.3 Å². The first-order valence-corrected chi connectivity index (χ1v) is 6.93. The van der Waals surface area contributed by atoms with Crippen LogP contribution in [0.1, 0.15) is 12.5 Å². The van der Waals surface area contributed by atoms with Crippen LogP contribution in [-0.4, -0.2) is 23.5 Å². The van der Waals surface area contributed by atoms with Crippen molar-refractivity contribution in [3.8, 4) is 0 Å². The molecular formula is C14H15NO3S. The highest BCUT2D eigenvalue weighted by Gasteiger charge is 2.19. The predicted molar refractivity (Wildman–Crippen MR) is 75.3 cm³/mol. The van der Waals surface area contributed by atoms with Crippen LogP contribution in [0.2, 0.25) is 0 Å². The van der Waals surface area contributed by atoms with Crippen LogP contribution >= 0.6 is 11.3 Å². The third-order valence-corrected chi connectivity index (χ3v) is 4.03. The smallest absolute Gasteiger partial charge is 0.315 e. The zero-order valence-electron chi connectivity index (χ0n) is 10.6. The number of thiophene rings is 1. The monoisotopic (exact) mass is 277 g/mol. The van der Waals surface area contributed by atoms with Crippen molar-refractivity contribution in [2.45, 2.75) is 13.3 Å². The lowest BCUT2D eigenvalue weighted by atomic mass is 10.1. The number of fused-ring (bicyclic) bond motifs is 1. The van der Waals surface area contributed by atoms with Crippen molar-refractivity contribution in [3.63, 3.8) is 0 Å². The SMILES string of the molecule is CC(C(=O)O)C(=O)NCCc1csc2ccccc12. The van der Waals surface area contributed by atoms with Gasteiger partial charge in [-0.15, -0.1) is 11.3 Å². The fourth-order valence-corrected chi connectivity index (χ4v) is 2.81. The minimum absolute atomic E-state index is 0.438. The average molecular weight is 277 g/mol. The van der Waals surface area contributed by atoms with Gasteiger partial charge in [-0.05, 0) is 35.7 Å². The van der Waals surface area contributed by atoms with E-state index in [4.69, 9.17) is 5.11 Å². The molecule has 4 nitrogen and oxygen atoms in total. The van der Waals surface area contributed by atoms with Gasteiger partial charge in [0, 0.05) is 11.2 Å². The van der Waals surface area contributed by atoms with Crippen molar-refractivity contribution >= 4 is 33.3 Å². The number of carbonyl (C=O) groups excluding carboxylic acids is 1. The molecule has 0 aliphatic carbocycles. The van der Waals surface area contributed by atoms with Crippen LogP contribution in [0.3, 0.4) is 0 Å². The molecule has 0 fully saturated rings. The Morgan fingerprint density at radius 1 is 1.37 bits per heavy atom. The fourth-order valence-electron chi connectivity index (χ4n) is 1.81. The van der Waals surface area contributed by atoms with Crippen molar-refractivity contribution in [2.24, 2.45) is 5.92 Å². The first-order chi connectivity index (χ1) is 9.09. The molecule has 2 rings (SSSR count). The van der Waals surface area contributed by atoms with Crippen LogP contribution in [0.15, 0.2) is 29.6 Å². The maximum Gasteiger partial charge on any atom is 0.315 e. The van der Waals surface area contributed by atoms with Crippen LogP contribution in [0.4, 0.5) is 0 Å². The Bertz CT molecular complexity index is 606. The van der Waals surface area contributed by atoms with Crippen molar-refractivity contribution in [2.75, 3.05) is 6.54 Å². The minimum atomic E-state index is -1.10. The normalized spacial score (nSPS) is 12.3. The quantitative estimate of drug-likeness (QED) is 0.824. The van der Waals surface area contributed by atoms with E-state index in [9.17, 15) is 9.59 Å². The molecule has 1 aromatic carbocycles. The van der Waals surface area contributed by atoms with Crippen molar-refractivity contribution in [1.82, 2.24) is 5.32 Å². The van der Waals surface area contributed by atoms with Crippen molar-refractivity contribution in [3.05, 3.63) is 35.2 Å². The Morgan fingerprint density at radius 2 is 2.11 bits per heavy atom. The van der Waals surface area contributed by atoms with Gasteiger partial charge in [-0.3, -0.25) is 9.59 Å². The van der Waals surface area contributed by atoms with Gasteiger partial charge >= 0.3 is 5.97 Å². The molecule has 0 saturated carbocycles. The summed E-state index contributed by atoms with van der Waals surface area (Å²) >= 11 is 1.68. The number of carboxylic acids is 1. The first kappa shape index (κ1) is 13.5. The molecule has 100 valence electrons. The summed E-state index contributed by atoms with van der Waals surface area (Å²) < 4.78 is 1.22. The molecule has 0 aliphatic rings. The van der Waals surface area contributed by atoms with Gasteiger partial charge in [0.1, 0.15) is 5.92 Å². The molecule has 1 unspecified atom stereocenters.